The van der Waals surface area contributed by atoms with Gasteiger partial charge in [0, 0.05) is 24.4 Å². The fraction of sp³-hybridized carbons (Fsp3) is 0.500. The van der Waals surface area contributed by atoms with E-state index in [0.717, 1.165) is 25.7 Å². The molecule has 0 aromatic carbocycles. The largest absolute Gasteiger partial charge is 0.473 e. The maximum absolute atomic E-state index is 12.2. The number of nitrogens with one attached hydrogen (secondary N) is 1. The van der Waals surface area contributed by atoms with Crippen LogP contribution in [0.4, 0.5) is 8.78 Å². The first-order chi connectivity index (χ1) is 7.25. The summed E-state index contributed by atoms with van der Waals surface area (Å²) in [5.74, 6) is 0.410. The molecule has 0 saturated carbocycles. The van der Waals surface area contributed by atoms with Crippen LogP contribution in [0.15, 0.2) is 18.3 Å². The molecule has 3 nitrogen and oxygen atoms in total. The van der Waals surface area contributed by atoms with E-state index in [1.54, 1.807) is 0 Å². The van der Waals surface area contributed by atoms with Gasteiger partial charge in [0.1, 0.15) is 6.10 Å². The number of aromatic nitrogens is 1. The molecule has 1 fully saturated rings. The van der Waals surface area contributed by atoms with Gasteiger partial charge in [0.05, 0.1) is 0 Å². The van der Waals surface area contributed by atoms with Crippen molar-refractivity contribution in [2.75, 3.05) is 13.1 Å². The summed E-state index contributed by atoms with van der Waals surface area (Å²) in [6.07, 6.45) is -0.282. The van der Waals surface area contributed by atoms with Gasteiger partial charge >= 0.3 is 0 Å². The molecule has 0 radical (unpaired) electrons. The fourth-order valence-electron chi connectivity index (χ4n) is 1.49. The van der Waals surface area contributed by atoms with Crippen molar-refractivity contribution in [3.05, 3.63) is 23.9 Å². The molecule has 0 amide bonds. The molecule has 1 N–H and O–H groups in total. The molecule has 1 aromatic heterocycles. The minimum absolute atomic E-state index is 0.0769. The lowest BCUT2D eigenvalue weighted by atomic mass is 10.3. The highest BCUT2D eigenvalue weighted by Gasteiger charge is 2.16. The number of alkyl halides is 2. The molecular weight excluding hydrogens is 202 g/mol. The summed E-state index contributed by atoms with van der Waals surface area (Å²) in [5, 5.41) is 3.15. The quantitative estimate of drug-likeness (QED) is 0.832. The van der Waals surface area contributed by atoms with Gasteiger partial charge in [-0.3, -0.25) is 0 Å². The normalized spacial score (nSPS) is 20.9. The highest BCUT2D eigenvalue weighted by atomic mass is 19.3. The Balaban J connectivity index is 1.97. The van der Waals surface area contributed by atoms with E-state index >= 15 is 0 Å². The monoisotopic (exact) mass is 214 g/mol. The molecule has 5 heteroatoms. The van der Waals surface area contributed by atoms with E-state index in [1.807, 2.05) is 0 Å². The van der Waals surface area contributed by atoms with Crippen molar-refractivity contribution >= 4 is 0 Å². The van der Waals surface area contributed by atoms with Gasteiger partial charge in [0.2, 0.25) is 5.88 Å². The van der Waals surface area contributed by atoms with Gasteiger partial charge in [-0.15, -0.1) is 0 Å². The highest BCUT2D eigenvalue weighted by Crippen LogP contribution is 2.20. The minimum atomic E-state index is -2.47. The molecule has 2 heterocycles. The Morgan fingerprint density at radius 2 is 2.33 bits per heavy atom. The zero-order valence-corrected chi connectivity index (χ0v) is 8.12. The van der Waals surface area contributed by atoms with Crippen LogP contribution in [-0.4, -0.2) is 24.2 Å². The number of halogens is 2. The molecule has 82 valence electrons. The van der Waals surface area contributed by atoms with Gasteiger partial charge < -0.3 is 10.1 Å². The Hall–Kier alpha value is -1.23. The van der Waals surface area contributed by atoms with E-state index < -0.39 is 6.43 Å². The number of ether oxygens (including phenoxy) is 1. The van der Waals surface area contributed by atoms with Crippen molar-refractivity contribution in [1.29, 1.82) is 0 Å². The topological polar surface area (TPSA) is 34.1 Å². The fourth-order valence-corrected chi connectivity index (χ4v) is 1.49. The third kappa shape index (κ3) is 2.62. The van der Waals surface area contributed by atoms with Crippen LogP contribution >= 0.6 is 0 Å². The maximum atomic E-state index is 12.2. The van der Waals surface area contributed by atoms with Gasteiger partial charge in [-0.25, -0.2) is 13.8 Å². The van der Waals surface area contributed by atoms with E-state index in [1.165, 1.54) is 12.1 Å². The number of hydrogen-bond acceptors (Lipinski definition) is 3. The van der Waals surface area contributed by atoms with E-state index in [4.69, 9.17) is 4.74 Å². The maximum Gasteiger partial charge on any atom is 0.265 e. The summed E-state index contributed by atoms with van der Waals surface area (Å²) in [7, 11) is 0. The molecule has 1 atom stereocenters. The van der Waals surface area contributed by atoms with Crippen LogP contribution in [0, 0.1) is 0 Å². The predicted molar refractivity (Wildman–Crippen MR) is 51.1 cm³/mol. The van der Waals surface area contributed by atoms with Gasteiger partial charge in [0.15, 0.2) is 0 Å². The molecule has 1 aromatic rings. The Labute approximate surface area is 86.5 Å². The summed E-state index contributed by atoms with van der Waals surface area (Å²) in [6, 6.07) is 2.83. The van der Waals surface area contributed by atoms with E-state index in [-0.39, 0.29) is 11.7 Å². The summed E-state index contributed by atoms with van der Waals surface area (Å²) in [4.78, 5) is 3.83. The standard InChI is InChI=1S/C10H12F2N2O/c11-10(12)7-1-2-9(14-5-7)15-8-3-4-13-6-8/h1-2,5,8,10,13H,3-4,6H2/t8-/m1/s1. The van der Waals surface area contributed by atoms with Crippen LogP contribution in [0.5, 0.6) is 5.88 Å². The molecule has 0 spiro atoms. The minimum Gasteiger partial charge on any atom is -0.473 e. The molecule has 2 rings (SSSR count). The molecular formula is C10H12F2N2O. The smallest absolute Gasteiger partial charge is 0.265 e. The lowest BCUT2D eigenvalue weighted by molar-refractivity contribution is 0.150. The zero-order chi connectivity index (χ0) is 10.7. The molecule has 1 aliphatic rings. The SMILES string of the molecule is FC(F)c1ccc(O[C@@H]2CCNC2)nc1. The number of nitrogens with zero attached hydrogens (tertiary/aromatic N) is 1. The predicted octanol–water partition coefficient (Wildman–Crippen LogP) is 1.76. The average Bonchev–Trinajstić information content (AvgIpc) is 2.71. The van der Waals surface area contributed by atoms with Crippen LogP contribution in [0.1, 0.15) is 18.4 Å². The number of pyridine rings is 1. The van der Waals surface area contributed by atoms with Crippen LogP contribution in [0.3, 0.4) is 0 Å². The first-order valence-corrected chi connectivity index (χ1v) is 4.87. The van der Waals surface area contributed by atoms with Crippen LogP contribution in [-0.2, 0) is 0 Å². The molecule has 0 bridgehead atoms. The zero-order valence-electron chi connectivity index (χ0n) is 8.12. The van der Waals surface area contributed by atoms with E-state index in [2.05, 4.69) is 10.3 Å². The van der Waals surface area contributed by atoms with Crippen molar-refractivity contribution < 1.29 is 13.5 Å². The summed E-state index contributed by atoms with van der Waals surface area (Å²) < 4.78 is 29.9. The Morgan fingerprint density at radius 3 is 2.87 bits per heavy atom. The molecule has 1 saturated heterocycles. The van der Waals surface area contributed by atoms with E-state index in [9.17, 15) is 8.78 Å². The van der Waals surface area contributed by atoms with Gasteiger partial charge in [0.25, 0.3) is 6.43 Å². The van der Waals surface area contributed by atoms with E-state index in [0.29, 0.717) is 5.88 Å². The first kappa shape index (κ1) is 10.3. The lowest BCUT2D eigenvalue weighted by Crippen LogP contribution is -2.20. The molecule has 1 aliphatic heterocycles. The molecule has 15 heavy (non-hydrogen) atoms. The van der Waals surface area contributed by atoms with Crippen LogP contribution in [0.2, 0.25) is 0 Å². The third-order valence-corrected chi connectivity index (χ3v) is 2.31. The second-order valence-electron chi connectivity index (χ2n) is 3.46. The Kier molecular flexibility index (Phi) is 3.11. The highest BCUT2D eigenvalue weighted by molar-refractivity contribution is 5.18. The van der Waals surface area contributed by atoms with Gasteiger partial charge in [-0.1, -0.05) is 0 Å². The summed E-state index contributed by atoms with van der Waals surface area (Å²) in [6.45, 7) is 1.72. The molecule has 0 unspecified atom stereocenters. The summed E-state index contributed by atoms with van der Waals surface area (Å²) >= 11 is 0. The number of rotatable bonds is 3. The third-order valence-electron chi connectivity index (χ3n) is 2.31. The van der Waals surface area contributed by atoms with Crippen molar-refractivity contribution in [1.82, 2.24) is 10.3 Å². The lowest BCUT2D eigenvalue weighted by Gasteiger charge is -2.11. The Morgan fingerprint density at radius 1 is 1.47 bits per heavy atom. The summed E-state index contributed by atoms with van der Waals surface area (Å²) in [5.41, 5.74) is -0.0769. The molecule has 0 aliphatic carbocycles. The number of hydrogen-bond donors (Lipinski definition) is 1. The van der Waals surface area contributed by atoms with Crippen molar-refractivity contribution in [3.8, 4) is 5.88 Å². The first-order valence-electron chi connectivity index (χ1n) is 4.87. The average molecular weight is 214 g/mol. The van der Waals surface area contributed by atoms with Crippen molar-refractivity contribution in [2.24, 2.45) is 0 Å². The van der Waals surface area contributed by atoms with Crippen molar-refractivity contribution in [2.45, 2.75) is 19.0 Å². The second kappa shape index (κ2) is 4.53. The van der Waals surface area contributed by atoms with Gasteiger partial charge in [-0.05, 0) is 19.0 Å². The second-order valence-corrected chi connectivity index (χ2v) is 3.46. The van der Waals surface area contributed by atoms with Gasteiger partial charge in [-0.2, -0.15) is 0 Å². The Bertz CT molecular complexity index is 310. The van der Waals surface area contributed by atoms with Crippen LogP contribution < -0.4 is 10.1 Å². The van der Waals surface area contributed by atoms with Crippen LogP contribution in [0.25, 0.3) is 0 Å². The van der Waals surface area contributed by atoms with Crippen molar-refractivity contribution in [3.63, 3.8) is 0 Å².